The predicted molar refractivity (Wildman–Crippen MR) is 67.6 cm³/mol. The van der Waals surface area contributed by atoms with Gasteiger partial charge < -0.3 is 11.1 Å². The van der Waals surface area contributed by atoms with Crippen molar-refractivity contribution in [3.63, 3.8) is 0 Å². The molecule has 0 aromatic heterocycles. The maximum absolute atomic E-state index is 11.7. The Morgan fingerprint density at radius 3 is 2.38 bits per heavy atom. The van der Waals surface area contributed by atoms with E-state index in [1.165, 1.54) is 25.7 Å². The molecule has 3 N–H and O–H groups in total. The number of carbonyl (C=O) groups is 1. The predicted octanol–water partition coefficient (Wildman–Crippen LogP) is 1.99. The quantitative estimate of drug-likeness (QED) is 0.797. The number of carbonyl (C=O) groups excluding carboxylic acids is 1. The smallest absolute Gasteiger partial charge is 0.240 e. The van der Waals surface area contributed by atoms with Crippen LogP contribution in [0.4, 0.5) is 0 Å². The molecule has 2 aliphatic carbocycles. The first-order valence-corrected chi connectivity index (χ1v) is 6.28. The van der Waals surface area contributed by atoms with Crippen molar-refractivity contribution in [2.24, 2.45) is 11.7 Å². The highest BCUT2D eigenvalue weighted by Gasteiger charge is 2.39. The molecule has 2 fully saturated rings. The molecule has 0 unspecified atom stereocenters. The third kappa shape index (κ3) is 3.11. The van der Waals surface area contributed by atoms with E-state index >= 15 is 0 Å². The average Bonchev–Trinajstić information content (AvgIpc) is 2.66. The Morgan fingerprint density at radius 1 is 1.25 bits per heavy atom. The van der Waals surface area contributed by atoms with Gasteiger partial charge in [0.25, 0.3) is 0 Å². The lowest BCUT2D eigenvalue weighted by Gasteiger charge is -2.36. The third-order valence-corrected chi connectivity index (χ3v) is 4.01. The zero-order valence-electron chi connectivity index (χ0n) is 9.84. The van der Waals surface area contributed by atoms with Gasteiger partial charge in [-0.1, -0.05) is 25.7 Å². The normalized spacial score (nSPS) is 23.3. The van der Waals surface area contributed by atoms with Crippen LogP contribution in [0.25, 0.3) is 0 Å². The lowest BCUT2D eigenvalue weighted by atomic mass is 9.77. The average molecular weight is 247 g/mol. The minimum absolute atomic E-state index is 0. The van der Waals surface area contributed by atoms with E-state index in [0.29, 0.717) is 0 Å². The first kappa shape index (κ1) is 13.8. The van der Waals surface area contributed by atoms with E-state index in [2.05, 4.69) is 5.32 Å². The Labute approximate surface area is 104 Å². The number of nitrogens with two attached hydrogens (primary N) is 1. The second kappa shape index (κ2) is 5.87. The van der Waals surface area contributed by atoms with Crippen molar-refractivity contribution in [3.05, 3.63) is 0 Å². The molecule has 0 aliphatic heterocycles. The van der Waals surface area contributed by atoms with Crippen LogP contribution < -0.4 is 11.1 Å². The molecule has 0 bridgehead atoms. The SMILES string of the molecule is Cl.NC1(C(=O)NCCC2CCCC2)CCC1. The fourth-order valence-corrected chi connectivity index (χ4v) is 2.65. The van der Waals surface area contributed by atoms with Crippen LogP contribution in [-0.4, -0.2) is 18.0 Å². The molecule has 3 nitrogen and oxygen atoms in total. The summed E-state index contributed by atoms with van der Waals surface area (Å²) >= 11 is 0. The van der Waals surface area contributed by atoms with Crippen LogP contribution in [0.5, 0.6) is 0 Å². The zero-order chi connectivity index (χ0) is 10.7. The van der Waals surface area contributed by atoms with Crippen molar-refractivity contribution in [1.29, 1.82) is 0 Å². The fourth-order valence-electron chi connectivity index (χ4n) is 2.65. The number of halogens is 1. The molecular formula is C12H23ClN2O. The van der Waals surface area contributed by atoms with Crippen LogP contribution in [-0.2, 0) is 4.79 Å². The largest absolute Gasteiger partial charge is 0.354 e. The number of hydrogen-bond acceptors (Lipinski definition) is 2. The molecule has 2 rings (SSSR count). The van der Waals surface area contributed by atoms with Gasteiger partial charge in [0.1, 0.15) is 0 Å². The Hall–Kier alpha value is -0.280. The number of hydrogen-bond donors (Lipinski definition) is 2. The highest BCUT2D eigenvalue weighted by molar-refractivity contribution is 5.86. The van der Waals surface area contributed by atoms with E-state index < -0.39 is 5.54 Å². The maximum Gasteiger partial charge on any atom is 0.240 e. The molecule has 0 spiro atoms. The molecule has 0 saturated heterocycles. The summed E-state index contributed by atoms with van der Waals surface area (Å²) < 4.78 is 0. The second-order valence-corrected chi connectivity index (χ2v) is 5.20. The number of rotatable bonds is 4. The molecule has 2 aliphatic rings. The molecule has 0 aromatic carbocycles. The van der Waals surface area contributed by atoms with Gasteiger partial charge in [-0.25, -0.2) is 0 Å². The van der Waals surface area contributed by atoms with Crippen LogP contribution in [0, 0.1) is 5.92 Å². The van der Waals surface area contributed by atoms with Gasteiger partial charge in [0, 0.05) is 6.54 Å². The van der Waals surface area contributed by atoms with E-state index in [1.54, 1.807) is 0 Å². The van der Waals surface area contributed by atoms with Crippen LogP contribution in [0.3, 0.4) is 0 Å². The molecule has 4 heteroatoms. The van der Waals surface area contributed by atoms with Crippen molar-refractivity contribution in [1.82, 2.24) is 5.32 Å². The monoisotopic (exact) mass is 246 g/mol. The standard InChI is InChI=1S/C12H22N2O.ClH/c13-12(7-3-8-12)11(15)14-9-6-10-4-1-2-5-10;/h10H,1-9,13H2,(H,14,15);1H. The van der Waals surface area contributed by atoms with Crippen LogP contribution in [0.2, 0.25) is 0 Å². The Bertz CT molecular complexity index is 235. The van der Waals surface area contributed by atoms with Gasteiger partial charge in [0.05, 0.1) is 5.54 Å². The van der Waals surface area contributed by atoms with Gasteiger partial charge in [-0.2, -0.15) is 0 Å². The minimum Gasteiger partial charge on any atom is -0.354 e. The van der Waals surface area contributed by atoms with Gasteiger partial charge in [-0.05, 0) is 31.6 Å². The summed E-state index contributed by atoms with van der Waals surface area (Å²) in [5, 5.41) is 2.99. The van der Waals surface area contributed by atoms with E-state index in [1.807, 2.05) is 0 Å². The molecule has 2 saturated carbocycles. The summed E-state index contributed by atoms with van der Waals surface area (Å²) in [7, 11) is 0. The van der Waals surface area contributed by atoms with E-state index in [9.17, 15) is 4.79 Å². The summed E-state index contributed by atoms with van der Waals surface area (Å²) in [5.74, 6) is 0.923. The third-order valence-electron chi connectivity index (χ3n) is 4.01. The summed E-state index contributed by atoms with van der Waals surface area (Å²) in [6.07, 6.45) is 9.42. The number of nitrogens with one attached hydrogen (secondary N) is 1. The molecule has 0 atom stereocenters. The Balaban J connectivity index is 0.00000128. The Kier molecular flexibility index (Phi) is 5.06. The maximum atomic E-state index is 11.7. The minimum atomic E-state index is -0.518. The topological polar surface area (TPSA) is 55.1 Å². The van der Waals surface area contributed by atoms with Crippen molar-refractivity contribution in [3.8, 4) is 0 Å². The van der Waals surface area contributed by atoms with Gasteiger partial charge in [-0.3, -0.25) is 4.79 Å². The highest BCUT2D eigenvalue weighted by Crippen LogP contribution is 2.29. The summed E-state index contributed by atoms with van der Waals surface area (Å²) in [5.41, 5.74) is 5.41. The molecule has 94 valence electrons. The molecule has 1 amide bonds. The lowest BCUT2D eigenvalue weighted by molar-refractivity contribution is -0.129. The second-order valence-electron chi connectivity index (χ2n) is 5.20. The van der Waals surface area contributed by atoms with Crippen molar-refractivity contribution < 1.29 is 4.79 Å². The van der Waals surface area contributed by atoms with Crippen LogP contribution in [0.15, 0.2) is 0 Å². The first-order valence-electron chi connectivity index (χ1n) is 6.28. The van der Waals surface area contributed by atoms with Gasteiger partial charge in [0.15, 0.2) is 0 Å². The molecule has 0 aromatic rings. The summed E-state index contributed by atoms with van der Waals surface area (Å²) in [4.78, 5) is 11.7. The van der Waals surface area contributed by atoms with Gasteiger partial charge in [-0.15, -0.1) is 12.4 Å². The summed E-state index contributed by atoms with van der Waals surface area (Å²) in [6.45, 7) is 0.822. The lowest BCUT2D eigenvalue weighted by Crippen LogP contribution is -2.58. The van der Waals surface area contributed by atoms with E-state index in [-0.39, 0.29) is 18.3 Å². The van der Waals surface area contributed by atoms with Crippen LogP contribution in [0.1, 0.15) is 51.4 Å². The zero-order valence-corrected chi connectivity index (χ0v) is 10.7. The molecular weight excluding hydrogens is 224 g/mol. The van der Waals surface area contributed by atoms with Crippen molar-refractivity contribution >= 4 is 18.3 Å². The van der Waals surface area contributed by atoms with Gasteiger partial charge in [0.2, 0.25) is 5.91 Å². The van der Waals surface area contributed by atoms with E-state index in [4.69, 9.17) is 5.73 Å². The Morgan fingerprint density at radius 2 is 1.88 bits per heavy atom. The molecule has 0 heterocycles. The van der Waals surface area contributed by atoms with Crippen molar-refractivity contribution in [2.45, 2.75) is 56.9 Å². The van der Waals surface area contributed by atoms with Crippen LogP contribution >= 0.6 is 12.4 Å². The molecule has 0 radical (unpaired) electrons. The fraction of sp³-hybridized carbons (Fsp3) is 0.917. The highest BCUT2D eigenvalue weighted by atomic mass is 35.5. The van der Waals surface area contributed by atoms with Crippen molar-refractivity contribution in [2.75, 3.05) is 6.54 Å². The van der Waals surface area contributed by atoms with Gasteiger partial charge >= 0.3 is 0 Å². The molecule has 16 heavy (non-hydrogen) atoms. The number of amides is 1. The first-order chi connectivity index (χ1) is 7.21. The summed E-state index contributed by atoms with van der Waals surface area (Å²) in [6, 6.07) is 0. The van der Waals surface area contributed by atoms with E-state index in [0.717, 1.165) is 38.1 Å².